The molecular formula is C14H12F2N2O2. The van der Waals surface area contributed by atoms with Crippen LogP contribution >= 0.6 is 0 Å². The molecule has 0 atom stereocenters. The van der Waals surface area contributed by atoms with Crippen molar-refractivity contribution in [3.8, 4) is 5.75 Å². The highest BCUT2D eigenvalue weighted by atomic mass is 19.1. The van der Waals surface area contributed by atoms with Gasteiger partial charge >= 0.3 is 0 Å². The van der Waals surface area contributed by atoms with Gasteiger partial charge in [0.1, 0.15) is 5.82 Å². The zero-order chi connectivity index (χ0) is 14.7. The first-order chi connectivity index (χ1) is 9.51. The number of hydrogen-bond acceptors (Lipinski definition) is 3. The van der Waals surface area contributed by atoms with E-state index < -0.39 is 17.5 Å². The van der Waals surface area contributed by atoms with Gasteiger partial charge in [-0.05, 0) is 30.3 Å². The smallest absolute Gasteiger partial charge is 0.258 e. The molecule has 0 unspecified atom stereocenters. The number of methoxy groups -OCH3 is 1. The maximum absolute atomic E-state index is 13.6. The van der Waals surface area contributed by atoms with Gasteiger partial charge in [0, 0.05) is 17.4 Å². The lowest BCUT2D eigenvalue weighted by molar-refractivity contribution is 0.102. The molecule has 0 aliphatic rings. The number of rotatable bonds is 3. The summed E-state index contributed by atoms with van der Waals surface area (Å²) in [5.41, 5.74) is 5.64. The molecule has 0 bridgehead atoms. The SMILES string of the molecule is COc1ccc(NC(=O)c2ccc(N)cc2F)cc1F. The summed E-state index contributed by atoms with van der Waals surface area (Å²) in [5.74, 6) is -1.99. The Hall–Kier alpha value is -2.63. The average Bonchev–Trinajstić information content (AvgIpc) is 2.38. The Balaban J connectivity index is 2.21. The molecule has 2 aromatic carbocycles. The largest absolute Gasteiger partial charge is 0.494 e. The molecule has 3 N–H and O–H groups in total. The van der Waals surface area contributed by atoms with Gasteiger partial charge in [0.15, 0.2) is 11.6 Å². The number of halogens is 2. The lowest BCUT2D eigenvalue weighted by Gasteiger charge is -2.08. The number of anilines is 2. The molecule has 2 aromatic rings. The highest BCUT2D eigenvalue weighted by Crippen LogP contribution is 2.21. The fourth-order valence-corrected chi connectivity index (χ4v) is 1.66. The zero-order valence-electron chi connectivity index (χ0n) is 10.6. The van der Waals surface area contributed by atoms with Gasteiger partial charge in [0.25, 0.3) is 5.91 Å². The van der Waals surface area contributed by atoms with E-state index >= 15 is 0 Å². The molecule has 0 aliphatic carbocycles. The summed E-state index contributed by atoms with van der Waals surface area (Å²) in [6.07, 6.45) is 0. The first-order valence-electron chi connectivity index (χ1n) is 5.71. The van der Waals surface area contributed by atoms with Crippen molar-refractivity contribution in [1.82, 2.24) is 0 Å². The van der Waals surface area contributed by atoms with Gasteiger partial charge < -0.3 is 15.8 Å². The Bertz CT molecular complexity index is 660. The van der Waals surface area contributed by atoms with E-state index in [0.717, 1.165) is 12.1 Å². The first-order valence-corrected chi connectivity index (χ1v) is 5.71. The van der Waals surface area contributed by atoms with Crippen LogP contribution in [0.4, 0.5) is 20.2 Å². The van der Waals surface area contributed by atoms with Gasteiger partial charge in [-0.3, -0.25) is 4.79 Å². The lowest BCUT2D eigenvalue weighted by Crippen LogP contribution is -2.14. The Kier molecular flexibility index (Phi) is 3.84. The van der Waals surface area contributed by atoms with E-state index in [2.05, 4.69) is 5.32 Å². The van der Waals surface area contributed by atoms with Crippen molar-refractivity contribution in [3.05, 3.63) is 53.6 Å². The second-order valence-electron chi connectivity index (χ2n) is 4.04. The first kappa shape index (κ1) is 13.8. The van der Waals surface area contributed by atoms with Crippen LogP contribution < -0.4 is 15.8 Å². The molecule has 0 spiro atoms. The van der Waals surface area contributed by atoms with Gasteiger partial charge in [0.2, 0.25) is 0 Å². The monoisotopic (exact) mass is 278 g/mol. The van der Waals surface area contributed by atoms with E-state index in [-0.39, 0.29) is 22.7 Å². The van der Waals surface area contributed by atoms with Gasteiger partial charge in [-0.25, -0.2) is 8.78 Å². The van der Waals surface area contributed by atoms with Crippen LogP contribution in [0, 0.1) is 11.6 Å². The van der Waals surface area contributed by atoms with Gasteiger partial charge in [0.05, 0.1) is 12.7 Å². The van der Waals surface area contributed by atoms with Crippen LogP contribution in [0.15, 0.2) is 36.4 Å². The third-order valence-corrected chi connectivity index (χ3v) is 2.65. The minimum absolute atomic E-state index is 0.0571. The highest BCUT2D eigenvalue weighted by molar-refractivity contribution is 6.04. The van der Waals surface area contributed by atoms with E-state index in [1.54, 1.807) is 0 Å². The number of nitrogens with two attached hydrogens (primary N) is 1. The number of nitrogens with one attached hydrogen (secondary N) is 1. The minimum Gasteiger partial charge on any atom is -0.494 e. The molecule has 6 heteroatoms. The van der Waals surface area contributed by atoms with E-state index in [1.165, 1.54) is 31.4 Å². The van der Waals surface area contributed by atoms with Crippen LogP contribution in [0.3, 0.4) is 0 Å². The summed E-state index contributed by atoms with van der Waals surface area (Å²) in [4.78, 5) is 11.9. The third-order valence-electron chi connectivity index (χ3n) is 2.65. The summed E-state index contributed by atoms with van der Waals surface area (Å²) in [5, 5.41) is 2.40. The molecule has 104 valence electrons. The summed E-state index contributed by atoms with van der Waals surface area (Å²) in [7, 11) is 1.33. The van der Waals surface area contributed by atoms with Gasteiger partial charge in [-0.15, -0.1) is 0 Å². The van der Waals surface area contributed by atoms with Crippen LogP contribution in [-0.2, 0) is 0 Å². The second-order valence-corrected chi connectivity index (χ2v) is 4.04. The number of benzene rings is 2. The number of ether oxygens (including phenoxy) is 1. The Morgan fingerprint density at radius 3 is 2.50 bits per heavy atom. The summed E-state index contributed by atoms with van der Waals surface area (Å²) in [6.45, 7) is 0. The highest BCUT2D eigenvalue weighted by Gasteiger charge is 2.13. The van der Waals surface area contributed by atoms with E-state index in [0.29, 0.717) is 0 Å². The Morgan fingerprint density at radius 2 is 1.90 bits per heavy atom. The van der Waals surface area contributed by atoms with Crippen LogP contribution in [-0.4, -0.2) is 13.0 Å². The van der Waals surface area contributed by atoms with Crippen LogP contribution in [0.5, 0.6) is 5.75 Å². The number of carbonyl (C=O) groups excluding carboxylic acids is 1. The normalized spacial score (nSPS) is 10.2. The quantitative estimate of drug-likeness (QED) is 0.848. The predicted molar refractivity (Wildman–Crippen MR) is 71.7 cm³/mol. The molecular weight excluding hydrogens is 266 g/mol. The predicted octanol–water partition coefficient (Wildman–Crippen LogP) is 2.81. The van der Waals surface area contributed by atoms with Crippen molar-refractivity contribution >= 4 is 17.3 Å². The third kappa shape index (κ3) is 2.85. The number of amides is 1. The molecule has 0 aromatic heterocycles. The van der Waals surface area contributed by atoms with Crippen molar-refractivity contribution in [2.45, 2.75) is 0 Å². The summed E-state index contributed by atoms with van der Waals surface area (Å²) >= 11 is 0. The molecule has 0 heterocycles. The van der Waals surface area contributed by atoms with Crippen LogP contribution in [0.2, 0.25) is 0 Å². The molecule has 4 nitrogen and oxygen atoms in total. The second kappa shape index (κ2) is 5.56. The standard InChI is InChI=1S/C14H12F2N2O2/c1-20-13-5-3-9(7-12(13)16)18-14(19)10-4-2-8(17)6-11(10)15/h2-7H,17H2,1H3,(H,18,19). The summed E-state index contributed by atoms with van der Waals surface area (Å²) < 4.78 is 31.8. The fourth-order valence-electron chi connectivity index (χ4n) is 1.66. The fraction of sp³-hybridized carbons (Fsp3) is 0.0714. The Labute approximate surface area is 114 Å². The van der Waals surface area contributed by atoms with Gasteiger partial charge in [-0.2, -0.15) is 0 Å². The molecule has 0 radical (unpaired) electrons. The van der Waals surface area contributed by atoms with Gasteiger partial charge in [-0.1, -0.05) is 0 Å². The molecule has 0 aliphatic heterocycles. The van der Waals surface area contributed by atoms with Crippen molar-refractivity contribution in [2.24, 2.45) is 0 Å². The molecule has 20 heavy (non-hydrogen) atoms. The number of carbonyl (C=O) groups is 1. The lowest BCUT2D eigenvalue weighted by atomic mass is 10.1. The summed E-state index contributed by atoms with van der Waals surface area (Å²) in [6, 6.07) is 7.63. The topological polar surface area (TPSA) is 64.3 Å². The number of nitrogen functional groups attached to an aromatic ring is 1. The molecule has 2 rings (SSSR count). The minimum atomic E-state index is -0.739. The maximum Gasteiger partial charge on any atom is 0.258 e. The molecule has 1 amide bonds. The maximum atomic E-state index is 13.6. The molecule has 0 saturated carbocycles. The average molecular weight is 278 g/mol. The van der Waals surface area contributed by atoms with E-state index in [1.807, 2.05) is 0 Å². The Morgan fingerprint density at radius 1 is 1.15 bits per heavy atom. The van der Waals surface area contributed by atoms with Crippen molar-refractivity contribution in [1.29, 1.82) is 0 Å². The van der Waals surface area contributed by atoms with E-state index in [4.69, 9.17) is 10.5 Å². The van der Waals surface area contributed by atoms with Crippen LogP contribution in [0.1, 0.15) is 10.4 Å². The molecule has 0 saturated heterocycles. The van der Waals surface area contributed by atoms with Crippen molar-refractivity contribution in [2.75, 3.05) is 18.2 Å². The van der Waals surface area contributed by atoms with Crippen molar-refractivity contribution in [3.63, 3.8) is 0 Å². The zero-order valence-corrected chi connectivity index (χ0v) is 10.6. The number of hydrogen-bond donors (Lipinski definition) is 2. The molecule has 0 fully saturated rings. The van der Waals surface area contributed by atoms with Crippen molar-refractivity contribution < 1.29 is 18.3 Å². The van der Waals surface area contributed by atoms with E-state index in [9.17, 15) is 13.6 Å². The van der Waals surface area contributed by atoms with Crippen LogP contribution in [0.25, 0.3) is 0 Å².